The Bertz CT molecular complexity index is 1250. The number of aryl methyl sites for hydroxylation is 2. The van der Waals surface area contributed by atoms with Crippen LogP contribution in [0, 0.1) is 13.8 Å². The minimum Gasteiger partial charge on any atom is -0.357 e. The summed E-state index contributed by atoms with van der Waals surface area (Å²) in [6.45, 7) is 6.29. The first-order chi connectivity index (χ1) is 15.8. The van der Waals surface area contributed by atoms with Crippen LogP contribution in [-0.4, -0.2) is 32.4 Å². The molecular formula is C25H28N4O3S. The topological polar surface area (TPSA) is 91.4 Å². The van der Waals surface area contributed by atoms with Crippen molar-refractivity contribution in [3.8, 4) is 0 Å². The molecule has 0 spiro atoms. The fraction of sp³-hybridized carbons (Fsp3) is 0.280. The molecule has 7 nitrogen and oxygen atoms in total. The summed E-state index contributed by atoms with van der Waals surface area (Å²) in [5, 5.41) is 2.89. The first kappa shape index (κ1) is 22.8. The van der Waals surface area contributed by atoms with E-state index in [4.69, 9.17) is 0 Å². The van der Waals surface area contributed by atoms with Gasteiger partial charge in [-0.1, -0.05) is 6.07 Å². The molecule has 33 heavy (non-hydrogen) atoms. The van der Waals surface area contributed by atoms with Gasteiger partial charge in [0.05, 0.1) is 4.90 Å². The largest absolute Gasteiger partial charge is 0.357 e. The van der Waals surface area contributed by atoms with E-state index in [2.05, 4.69) is 19.9 Å². The van der Waals surface area contributed by atoms with Crippen molar-refractivity contribution in [1.29, 1.82) is 0 Å². The van der Waals surface area contributed by atoms with E-state index in [0.717, 1.165) is 35.6 Å². The Morgan fingerprint density at radius 3 is 2.39 bits per heavy atom. The van der Waals surface area contributed by atoms with E-state index < -0.39 is 10.0 Å². The van der Waals surface area contributed by atoms with E-state index >= 15 is 0 Å². The van der Waals surface area contributed by atoms with Gasteiger partial charge in [0, 0.05) is 37.1 Å². The lowest BCUT2D eigenvalue weighted by molar-refractivity contribution is 0.0951. The van der Waals surface area contributed by atoms with Crippen molar-refractivity contribution in [2.75, 3.05) is 22.7 Å². The lowest BCUT2D eigenvalue weighted by Gasteiger charge is -2.17. The van der Waals surface area contributed by atoms with Crippen molar-refractivity contribution >= 4 is 27.4 Å². The fourth-order valence-electron chi connectivity index (χ4n) is 3.78. The van der Waals surface area contributed by atoms with Gasteiger partial charge < -0.3 is 10.2 Å². The monoisotopic (exact) mass is 464 g/mol. The standard InChI is InChI=1S/C25H28N4O3S/c1-18-5-8-22(15-19(18)2)28-33(31,32)23-9-6-21(7-10-23)25(30)27-17-20-11-12-26-24(16-20)29-13-3-4-14-29/h5-12,15-16,28H,3-4,13-14,17H2,1-2H3,(H,27,30). The van der Waals surface area contributed by atoms with E-state index in [1.165, 1.54) is 37.1 Å². The smallest absolute Gasteiger partial charge is 0.261 e. The minimum atomic E-state index is -3.75. The number of rotatable bonds is 7. The van der Waals surface area contributed by atoms with Crippen LogP contribution in [0.3, 0.4) is 0 Å². The number of anilines is 2. The fourth-order valence-corrected chi connectivity index (χ4v) is 4.83. The molecule has 1 aromatic heterocycles. The molecule has 1 aliphatic heterocycles. The number of nitrogens with zero attached hydrogens (tertiary/aromatic N) is 2. The van der Waals surface area contributed by atoms with Crippen LogP contribution in [0.5, 0.6) is 0 Å². The number of aromatic nitrogens is 1. The molecule has 3 aromatic rings. The Balaban J connectivity index is 1.38. The summed E-state index contributed by atoms with van der Waals surface area (Å²) in [6.07, 6.45) is 4.11. The minimum absolute atomic E-state index is 0.0988. The highest BCUT2D eigenvalue weighted by atomic mass is 32.2. The number of sulfonamides is 1. The Morgan fingerprint density at radius 1 is 0.970 bits per heavy atom. The third kappa shape index (κ3) is 5.51. The molecule has 1 fully saturated rings. The highest BCUT2D eigenvalue weighted by Crippen LogP contribution is 2.20. The van der Waals surface area contributed by atoms with Crippen molar-refractivity contribution in [3.63, 3.8) is 0 Å². The third-order valence-corrected chi connectivity index (χ3v) is 7.28. The van der Waals surface area contributed by atoms with Crippen molar-refractivity contribution in [3.05, 3.63) is 83.0 Å². The number of carbonyl (C=O) groups is 1. The maximum Gasteiger partial charge on any atom is 0.261 e. The second kappa shape index (κ2) is 9.62. The van der Waals surface area contributed by atoms with E-state index in [1.54, 1.807) is 18.3 Å². The Labute approximate surface area is 194 Å². The van der Waals surface area contributed by atoms with Crippen LogP contribution in [0.15, 0.2) is 65.7 Å². The summed E-state index contributed by atoms with van der Waals surface area (Å²) in [5.41, 5.74) is 3.97. The van der Waals surface area contributed by atoms with Crippen molar-refractivity contribution in [1.82, 2.24) is 10.3 Å². The van der Waals surface area contributed by atoms with Gasteiger partial charge in [0.2, 0.25) is 0 Å². The van der Waals surface area contributed by atoms with Gasteiger partial charge in [-0.05, 0) is 91.9 Å². The van der Waals surface area contributed by atoms with Gasteiger partial charge in [-0.2, -0.15) is 0 Å². The van der Waals surface area contributed by atoms with Crippen LogP contribution in [0.1, 0.15) is 39.9 Å². The summed E-state index contributed by atoms with van der Waals surface area (Å²) in [7, 11) is -3.75. The highest BCUT2D eigenvalue weighted by Gasteiger charge is 2.16. The summed E-state index contributed by atoms with van der Waals surface area (Å²) >= 11 is 0. The second-order valence-electron chi connectivity index (χ2n) is 8.33. The van der Waals surface area contributed by atoms with Crippen LogP contribution in [0.2, 0.25) is 0 Å². The predicted molar refractivity (Wildman–Crippen MR) is 130 cm³/mol. The highest BCUT2D eigenvalue weighted by molar-refractivity contribution is 7.92. The molecule has 8 heteroatoms. The lowest BCUT2D eigenvalue weighted by atomic mass is 10.1. The first-order valence-electron chi connectivity index (χ1n) is 11.0. The molecule has 1 aliphatic rings. The number of benzene rings is 2. The van der Waals surface area contributed by atoms with Gasteiger partial charge in [0.25, 0.3) is 15.9 Å². The van der Waals surface area contributed by atoms with Gasteiger partial charge in [-0.15, -0.1) is 0 Å². The normalized spacial score (nSPS) is 13.7. The number of hydrogen-bond acceptors (Lipinski definition) is 5. The molecule has 2 N–H and O–H groups in total. The molecule has 0 bridgehead atoms. The molecule has 4 rings (SSSR count). The maximum atomic E-state index is 12.7. The molecule has 172 valence electrons. The maximum absolute atomic E-state index is 12.7. The Morgan fingerprint density at radius 2 is 1.70 bits per heavy atom. The molecule has 2 heterocycles. The molecule has 0 unspecified atom stereocenters. The van der Waals surface area contributed by atoms with E-state index in [0.29, 0.717) is 17.8 Å². The average Bonchev–Trinajstić information content (AvgIpc) is 3.35. The van der Waals surface area contributed by atoms with E-state index in [1.807, 2.05) is 32.0 Å². The van der Waals surface area contributed by atoms with Gasteiger partial charge >= 0.3 is 0 Å². The van der Waals surface area contributed by atoms with Crippen LogP contribution >= 0.6 is 0 Å². The average molecular weight is 465 g/mol. The SMILES string of the molecule is Cc1ccc(NS(=O)(=O)c2ccc(C(=O)NCc3ccnc(N4CCCC4)c3)cc2)cc1C. The third-order valence-electron chi connectivity index (χ3n) is 5.88. The van der Waals surface area contributed by atoms with Gasteiger partial charge in [0.1, 0.15) is 5.82 Å². The van der Waals surface area contributed by atoms with E-state index in [-0.39, 0.29) is 10.8 Å². The predicted octanol–water partition coefficient (Wildman–Crippen LogP) is 4.03. The second-order valence-corrected chi connectivity index (χ2v) is 10.0. The van der Waals surface area contributed by atoms with Crippen LogP contribution in [-0.2, 0) is 16.6 Å². The van der Waals surface area contributed by atoms with Crippen molar-refractivity contribution in [2.24, 2.45) is 0 Å². The van der Waals surface area contributed by atoms with Gasteiger partial charge in [-0.25, -0.2) is 13.4 Å². The van der Waals surface area contributed by atoms with Crippen LogP contribution < -0.4 is 14.9 Å². The molecule has 0 atom stereocenters. The number of pyridine rings is 1. The number of hydrogen-bond donors (Lipinski definition) is 2. The molecule has 0 radical (unpaired) electrons. The first-order valence-corrected chi connectivity index (χ1v) is 12.5. The number of carbonyl (C=O) groups excluding carboxylic acids is 1. The zero-order valence-electron chi connectivity index (χ0n) is 18.8. The van der Waals surface area contributed by atoms with Crippen molar-refractivity contribution < 1.29 is 13.2 Å². The zero-order chi connectivity index (χ0) is 23.4. The molecule has 1 amide bonds. The van der Waals surface area contributed by atoms with Crippen molar-refractivity contribution in [2.45, 2.75) is 38.1 Å². The Kier molecular flexibility index (Phi) is 6.65. The summed E-state index contributed by atoms with van der Waals surface area (Å²) in [6, 6.07) is 15.2. The van der Waals surface area contributed by atoms with Gasteiger partial charge in [0.15, 0.2) is 0 Å². The van der Waals surface area contributed by atoms with E-state index in [9.17, 15) is 13.2 Å². The van der Waals surface area contributed by atoms with Crippen LogP contribution in [0.4, 0.5) is 11.5 Å². The number of amides is 1. The number of nitrogens with one attached hydrogen (secondary N) is 2. The molecule has 2 aromatic carbocycles. The lowest BCUT2D eigenvalue weighted by Crippen LogP contribution is -2.24. The molecular weight excluding hydrogens is 436 g/mol. The molecule has 1 saturated heterocycles. The molecule has 0 saturated carbocycles. The Hall–Kier alpha value is -3.39. The summed E-state index contributed by atoms with van der Waals surface area (Å²) in [4.78, 5) is 19.4. The quantitative estimate of drug-likeness (QED) is 0.551. The molecule has 0 aliphatic carbocycles. The summed E-state index contributed by atoms with van der Waals surface area (Å²) < 4.78 is 28.0. The van der Waals surface area contributed by atoms with Crippen LogP contribution in [0.25, 0.3) is 0 Å². The van der Waals surface area contributed by atoms with Gasteiger partial charge in [-0.3, -0.25) is 9.52 Å². The summed E-state index contributed by atoms with van der Waals surface area (Å²) in [5.74, 6) is 0.672. The zero-order valence-corrected chi connectivity index (χ0v) is 19.7.